The molecule has 0 radical (unpaired) electrons. The summed E-state index contributed by atoms with van der Waals surface area (Å²) in [6, 6.07) is 13.9. The number of allylic oxidation sites excluding steroid dienone is 1. The van der Waals surface area contributed by atoms with Gasteiger partial charge in [0.1, 0.15) is 5.75 Å². The second-order valence-corrected chi connectivity index (χ2v) is 9.35. The minimum atomic E-state index is -0.208. The third-order valence-electron chi connectivity index (χ3n) is 6.26. The van der Waals surface area contributed by atoms with Crippen molar-refractivity contribution in [1.29, 1.82) is 0 Å². The first-order valence-corrected chi connectivity index (χ1v) is 12.5. The van der Waals surface area contributed by atoms with Crippen molar-refractivity contribution < 1.29 is 9.53 Å². The molecule has 2 heterocycles. The number of ether oxygens (including phenoxy) is 1. The fourth-order valence-electron chi connectivity index (χ4n) is 4.28. The van der Waals surface area contributed by atoms with Gasteiger partial charge in [0.2, 0.25) is 11.9 Å². The average Bonchev–Trinajstić information content (AvgIpc) is 3.24. The van der Waals surface area contributed by atoms with Crippen LogP contribution in [0.3, 0.4) is 0 Å². The molecular weight excluding hydrogens is 478 g/mol. The van der Waals surface area contributed by atoms with E-state index in [4.69, 9.17) is 9.72 Å². The van der Waals surface area contributed by atoms with Crippen LogP contribution in [0, 0.1) is 0 Å². The number of carbonyl (C=O) groups excluding carboxylic acids is 1. The molecule has 0 fully saturated rings. The van der Waals surface area contributed by atoms with Crippen LogP contribution < -0.4 is 20.3 Å². The predicted octanol–water partition coefficient (Wildman–Crippen LogP) is 4.90. The Morgan fingerprint density at radius 2 is 1.89 bits per heavy atom. The highest BCUT2D eigenvalue weighted by atomic mass is 16.5. The van der Waals surface area contributed by atoms with Crippen LogP contribution in [0.2, 0.25) is 0 Å². The molecule has 2 N–H and O–H groups in total. The number of benzene rings is 2. The maximum Gasteiger partial charge on any atom is 0.248 e. The van der Waals surface area contributed by atoms with E-state index in [-0.39, 0.29) is 5.91 Å². The number of para-hydroxylation sites is 1. The molecule has 2 aromatic carbocycles. The molecule has 198 valence electrons. The molecule has 2 aromatic heterocycles. The number of hydrogen-bond acceptors (Lipinski definition) is 7. The number of carbonyl (C=O) groups is 1. The van der Waals surface area contributed by atoms with E-state index >= 15 is 0 Å². The first-order chi connectivity index (χ1) is 18.3. The van der Waals surface area contributed by atoms with E-state index in [1.807, 2.05) is 65.4 Å². The third-order valence-corrected chi connectivity index (χ3v) is 6.26. The van der Waals surface area contributed by atoms with Crippen LogP contribution in [0.5, 0.6) is 5.75 Å². The first kappa shape index (κ1) is 26.7. The van der Waals surface area contributed by atoms with Crippen LogP contribution in [-0.2, 0) is 11.8 Å². The zero-order valence-electron chi connectivity index (χ0n) is 22.8. The minimum Gasteiger partial charge on any atom is -0.494 e. The number of nitrogens with one attached hydrogen (secondary N) is 2. The highest BCUT2D eigenvalue weighted by Gasteiger charge is 2.17. The lowest BCUT2D eigenvalue weighted by Gasteiger charge is -2.26. The smallest absolute Gasteiger partial charge is 0.248 e. The number of rotatable bonds is 10. The van der Waals surface area contributed by atoms with Crippen molar-refractivity contribution in [2.45, 2.75) is 6.92 Å². The lowest BCUT2D eigenvalue weighted by molar-refractivity contribution is -0.111. The van der Waals surface area contributed by atoms with Gasteiger partial charge in [-0.15, -0.1) is 0 Å². The van der Waals surface area contributed by atoms with Crippen molar-refractivity contribution in [3.8, 4) is 17.0 Å². The van der Waals surface area contributed by atoms with Crippen LogP contribution in [0.4, 0.5) is 23.0 Å². The number of nitrogens with zero attached hydrogens (tertiary/aromatic N) is 5. The Labute approximate surface area is 223 Å². The van der Waals surface area contributed by atoms with Gasteiger partial charge >= 0.3 is 0 Å². The second kappa shape index (κ2) is 11.8. The topological polar surface area (TPSA) is 87.5 Å². The molecule has 1 amide bonds. The number of hydrogen-bond donors (Lipinski definition) is 2. The van der Waals surface area contributed by atoms with Crippen molar-refractivity contribution in [1.82, 2.24) is 19.4 Å². The summed E-state index contributed by atoms with van der Waals surface area (Å²) < 4.78 is 7.82. The largest absolute Gasteiger partial charge is 0.494 e. The summed E-state index contributed by atoms with van der Waals surface area (Å²) in [5.41, 5.74) is 5.11. The van der Waals surface area contributed by atoms with Crippen LogP contribution in [-0.4, -0.2) is 66.7 Å². The van der Waals surface area contributed by atoms with E-state index in [0.717, 1.165) is 40.9 Å². The highest BCUT2D eigenvalue weighted by molar-refractivity contribution is 6.02. The van der Waals surface area contributed by atoms with Crippen molar-refractivity contribution >= 4 is 39.8 Å². The van der Waals surface area contributed by atoms with Crippen LogP contribution in [0.25, 0.3) is 22.2 Å². The predicted molar refractivity (Wildman–Crippen MR) is 155 cm³/mol. The highest BCUT2D eigenvalue weighted by Crippen LogP contribution is 2.38. The lowest BCUT2D eigenvalue weighted by Crippen LogP contribution is -2.29. The maximum atomic E-state index is 12.5. The molecule has 4 aromatic rings. The number of anilines is 4. The molecule has 0 saturated heterocycles. The summed E-state index contributed by atoms with van der Waals surface area (Å²) in [5, 5.41) is 7.42. The fourth-order valence-corrected chi connectivity index (χ4v) is 4.28. The molecule has 0 saturated carbocycles. The Kier molecular flexibility index (Phi) is 8.28. The average molecular weight is 514 g/mol. The van der Waals surface area contributed by atoms with E-state index in [1.54, 1.807) is 19.4 Å². The number of methoxy groups -OCH3 is 1. The van der Waals surface area contributed by atoms with E-state index < -0.39 is 0 Å². The van der Waals surface area contributed by atoms with Crippen molar-refractivity contribution in [2.24, 2.45) is 7.05 Å². The van der Waals surface area contributed by atoms with Crippen LogP contribution in [0.15, 0.2) is 67.0 Å². The SMILES string of the molecule is CC=CC(=O)Nc1cc(Nc2nccc(-c3cn(C)c4ccccc34)n2)c(OC)cc1N(C)CCN(C)C. The second-order valence-electron chi connectivity index (χ2n) is 9.35. The van der Waals surface area contributed by atoms with Crippen molar-refractivity contribution in [3.05, 3.63) is 67.0 Å². The maximum absolute atomic E-state index is 12.5. The summed E-state index contributed by atoms with van der Waals surface area (Å²) in [5.74, 6) is 0.827. The molecule has 0 spiro atoms. The van der Waals surface area contributed by atoms with Crippen LogP contribution in [0.1, 0.15) is 6.92 Å². The van der Waals surface area contributed by atoms with E-state index in [9.17, 15) is 4.79 Å². The Balaban J connectivity index is 1.71. The third kappa shape index (κ3) is 5.95. The van der Waals surface area contributed by atoms with Crippen molar-refractivity contribution in [2.75, 3.05) is 56.9 Å². The fraction of sp³-hybridized carbons (Fsp3) is 0.276. The van der Waals surface area contributed by atoms with E-state index in [1.165, 1.54) is 6.08 Å². The van der Waals surface area contributed by atoms with Gasteiger partial charge in [0.05, 0.1) is 29.9 Å². The van der Waals surface area contributed by atoms with Gasteiger partial charge < -0.3 is 29.7 Å². The van der Waals surface area contributed by atoms with Crippen molar-refractivity contribution in [3.63, 3.8) is 0 Å². The van der Waals surface area contributed by atoms with E-state index in [2.05, 4.69) is 48.3 Å². The molecule has 9 nitrogen and oxygen atoms in total. The number of aryl methyl sites for hydroxylation is 1. The van der Waals surface area contributed by atoms with Gasteiger partial charge in [-0.05, 0) is 45.3 Å². The van der Waals surface area contributed by atoms with E-state index in [0.29, 0.717) is 23.1 Å². The summed E-state index contributed by atoms with van der Waals surface area (Å²) >= 11 is 0. The molecule has 0 aliphatic carbocycles. The molecule has 0 bridgehead atoms. The van der Waals surface area contributed by atoms with Gasteiger partial charge in [0.25, 0.3) is 0 Å². The standard InChI is InChI=1S/C29H35N7O2/c1-7-10-28(37)31-23-17-24(27(38-6)18-26(23)35(4)16-15-34(2)3)33-29-30-14-13-22(32-29)21-19-36(5)25-12-9-8-11-20(21)25/h7-14,17-19H,15-16H2,1-6H3,(H,31,37)(H,30,32,33). The van der Waals surface area contributed by atoms with Gasteiger partial charge in [0.15, 0.2) is 0 Å². The number of amides is 1. The molecule has 0 aliphatic rings. The Morgan fingerprint density at radius 3 is 2.63 bits per heavy atom. The van der Waals surface area contributed by atoms with Gasteiger partial charge in [-0.1, -0.05) is 24.3 Å². The zero-order valence-corrected chi connectivity index (χ0v) is 22.8. The van der Waals surface area contributed by atoms with Gasteiger partial charge in [0, 0.05) is 62.1 Å². The quantitative estimate of drug-likeness (QED) is 0.292. The molecule has 0 atom stereocenters. The first-order valence-electron chi connectivity index (χ1n) is 12.5. The Morgan fingerprint density at radius 1 is 1.11 bits per heavy atom. The number of fused-ring (bicyclic) bond motifs is 1. The molecular formula is C29H35N7O2. The van der Waals surface area contributed by atoms with Gasteiger partial charge in [-0.2, -0.15) is 0 Å². The zero-order chi connectivity index (χ0) is 27.2. The molecule has 4 rings (SSSR count). The normalized spacial score (nSPS) is 11.3. The Hall–Kier alpha value is -4.37. The van der Waals surface area contributed by atoms with Gasteiger partial charge in [-0.3, -0.25) is 4.79 Å². The monoisotopic (exact) mass is 513 g/mol. The summed E-state index contributed by atoms with van der Waals surface area (Å²) in [7, 11) is 9.70. The van der Waals surface area contributed by atoms with Gasteiger partial charge in [-0.25, -0.2) is 9.97 Å². The summed E-state index contributed by atoms with van der Waals surface area (Å²) in [6.45, 7) is 3.44. The molecule has 38 heavy (non-hydrogen) atoms. The summed E-state index contributed by atoms with van der Waals surface area (Å²) in [4.78, 5) is 25.9. The Bertz CT molecular complexity index is 1460. The number of likely N-dealkylation sites (N-methyl/N-ethyl adjacent to an activating group) is 2. The molecule has 0 unspecified atom stereocenters. The minimum absolute atomic E-state index is 0.208. The summed E-state index contributed by atoms with van der Waals surface area (Å²) in [6.07, 6.45) is 7.01. The molecule has 0 aliphatic heterocycles. The molecule has 9 heteroatoms. The lowest BCUT2D eigenvalue weighted by atomic mass is 10.1. The number of aromatic nitrogens is 3. The van der Waals surface area contributed by atoms with Crippen LogP contribution >= 0.6 is 0 Å².